The van der Waals surface area contributed by atoms with Crippen LogP contribution < -0.4 is 9.64 Å². The largest absolute Gasteiger partial charge is 0.481 e. The first-order chi connectivity index (χ1) is 16.2. The molecule has 1 atom stereocenters. The number of hydrogen-bond acceptors (Lipinski definition) is 4. The highest BCUT2D eigenvalue weighted by atomic mass is 19.2. The maximum atomic E-state index is 13.9. The minimum atomic E-state index is -1.52. The number of ether oxygens (including phenoxy) is 1. The van der Waals surface area contributed by atoms with Crippen LogP contribution in [0.2, 0.25) is 0 Å². The number of aromatic nitrogens is 2. The molecule has 1 aromatic heterocycles. The molecule has 2 aliphatic heterocycles. The van der Waals surface area contributed by atoms with Crippen LogP contribution >= 0.6 is 0 Å². The van der Waals surface area contributed by atoms with E-state index in [9.17, 15) is 22.8 Å². The first kappa shape index (κ1) is 22.0. The standard InChI is InChI=1S/C24H21F3N4O3/c1-12-21-14(22(30(3)28-21)13-9-16(25)20(27)17(26)10-13)7-8-31(12)24(33)15-5-4-6-18-23(15)34-11-19(32)29(18)2/h4-6,9-10,12H,7-8,11H2,1-3H3/t12-/m0/s1. The van der Waals surface area contributed by atoms with Gasteiger partial charge in [-0.3, -0.25) is 14.3 Å². The number of anilines is 1. The van der Waals surface area contributed by atoms with Crippen molar-refractivity contribution in [2.24, 2.45) is 7.05 Å². The summed E-state index contributed by atoms with van der Waals surface area (Å²) in [4.78, 5) is 28.6. The molecule has 0 saturated carbocycles. The molecule has 7 nitrogen and oxygen atoms in total. The lowest BCUT2D eigenvalue weighted by molar-refractivity contribution is -0.121. The van der Waals surface area contributed by atoms with Gasteiger partial charge >= 0.3 is 0 Å². The molecule has 0 unspecified atom stereocenters. The number of likely N-dealkylation sites (N-methyl/N-ethyl adjacent to an activating group) is 1. The maximum Gasteiger partial charge on any atom is 0.264 e. The number of carbonyl (C=O) groups is 2. The number of rotatable bonds is 2. The fraction of sp³-hybridized carbons (Fsp3) is 0.292. The fourth-order valence-electron chi connectivity index (χ4n) is 4.70. The van der Waals surface area contributed by atoms with Crippen LogP contribution in [0.1, 0.15) is 34.6 Å². The van der Waals surface area contributed by atoms with E-state index in [0.29, 0.717) is 41.4 Å². The molecule has 10 heteroatoms. The van der Waals surface area contributed by atoms with E-state index in [2.05, 4.69) is 5.10 Å². The van der Waals surface area contributed by atoms with E-state index in [0.717, 1.165) is 17.7 Å². The average Bonchev–Trinajstić information content (AvgIpc) is 3.16. The van der Waals surface area contributed by atoms with Gasteiger partial charge in [0.1, 0.15) is 0 Å². The molecule has 5 rings (SSSR count). The third kappa shape index (κ3) is 3.24. The highest BCUT2D eigenvalue weighted by molar-refractivity contribution is 6.04. The van der Waals surface area contributed by atoms with Gasteiger partial charge in [0.05, 0.1) is 28.7 Å². The van der Waals surface area contributed by atoms with Gasteiger partial charge in [0.15, 0.2) is 29.8 Å². The van der Waals surface area contributed by atoms with Gasteiger partial charge < -0.3 is 14.5 Å². The van der Waals surface area contributed by atoms with E-state index in [1.54, 1.807) is 37.2 Å². The SMILES string of the molecule is C[C@H]1c2nn(C)c(-c3cc(F)c(F)c(F)c3)c2CCN1C(=O)c1cccc2c1OCC(=O)N2C. The summed E-state index contributed by atoms with van der Waals surface area (Å²) in [6.45, 7) is 2.00. The highest BCUT2D eigenvalue weighted by Crippen LogP contribution is 2.39. The van der Waals surface area contributed by atoms with Gasteiger partial charge in [-0.1, -0.05) is 6.07 Å². The summed E-state index contributed by atoms with van der Waals surface area (Å²) in [5, 5.41) is 4.53. The molecule has 0 bridgehead atoms. The van der Waals surface area contributed by atoms with E-state index in [-0.39, 0.29) is 24.0 Å². The molecule has 0 saturated heterocycles. The van der Waals surface area contributed by atoms with Crippen molar-refractivity contribution in [3.8, 4) is 17.0 Å². The molecule has 0 N–H and O–H groups in total. The van der Waals surface area contributed by atoms with Crippen LogP contribution in [0, 0.1) is 17.5 Å². The average molecular weight is 470 g/mol. The van der Waals surface area contributed by atoms with E-state index in [4.69, 9.17) is 4.74 Å². The number of fused-ring (bicyclic) bond motifs is 2. The smallest absolute Gasteiger partial charge is 0.264 e. The predicted molar refractivity (Wildman–Crippen MR) is 117 cm³/mol. The molecular weight excluding hydrogens is 449 g/mol. The van der Waals surface area contributed by atoms with Crippen LogP contribution in [0.3, 0.4) is 0 Å². The second-order valence-corrected chi connectivity index (χ2v) is 8.41. The summed E-state index contributed by atoms with van der Waals surface area (Å²) >= 11 is 0. The topological polar surface area (TPSA) is 67.7 Å². The number of carbonyl (C=O) groups excluding carboxylic acids is 2. The summed E-state index contributed by atoms with van der Waals surface area (Å²) in [6, 6.07) is 6.52. The minimum Gasteiger partial charge on any atom is -0.481 e. The first-order valence-electron chi connectivity index (χ1n) is 10.7. The Morgan fingerprint density at radius 2 is 1.85 bits per heavy atom. The molecule has 2 aliphatic rings. The normalized spacial score (nSPS) is 17.4. The zero-order chi connectivity index (χ0) is 24.3. The molecule has 176 valence electrons. The lowest BCUT2D eigenvalue weighted by atomic mass is 9.94. The molecular formula is C24H21F3N4O3. The van der Waals surface area contributed by atoms with Crippen molar-refractivity contribution < 1.29 is 27.5 Å². The molecule has 34 heavy (non-hydrogen) atoms. The van der Waals surface area contributed by atoms with Gasteiger partial charge in [-0.2, -0.15) is 5.10 Å². The Bertz CT molecular complexity index is 1330. The van der Waals surface area contributed by atoms with E-state index >= 15 is 0 Å². The fourth-order valence-corrected chi connectivity index (χ4v) is 4.70. The summed E-state index contributed by atoms with van der Waals surface area (Å²) in [6.07, 6.45) is 0.392. The monoisotopic (exact) mass is 470 g/mol. The van der Waals surface area contributed by atoms with Crippen molar-refractivity contribution in [3.63, 3.8) is 0 Å². The van der Waals surface area contributed by atoms with E-state index in [1.165, 1.54) is 9.58 Å². The zero-order valence-corrected chi connectivity index (χ0v) is 18.7. The molecule has 3 heterocycles. The van der Waals surface area contributed by atoms with E-state index in [1.807, 2.05) is 6.92 Å². The van der Waals surface area contributed by atoms with Crippen molar-refractivity contribution in [2.45, 2.75) is 19.4 Å². The summed E-state index contributed by atoms with van der Waals surface area (Å²) in [7, 11) is 3.27. The Labute approximate surface area is 193 Å². The zero-order valence-electron chi connectivity index (χ0n) is 18.7. The predicted octanol–water partition coefficient (Wildman–Crippen LogP) is 3.62. The van der Waals surface area contributed by atoms with Crippen molar-refractivity contribution in [1.29, 1.82) is 0 Å². The molecule has 2 amide bonds. The second-order valence-electron chi connectivity index (χ2n) is 8.41. The third-order valence-corrected chi connectivity index (χ3v) is 6.46. The van der Waals surface area contributed by atoms with Crippen LogP contribution in [0.4, 0.5) is 18.9 Å². The van der Waals surface area contributed by atoms with Crippen molar-refractivity contribution in [1.82, 2.24) is 14.7 Å². The third-order valence-electron chi connectivity index (χ3n) is 6.46. The number of benzene rings is 2. The van der Waals surface area contributed by atoms with Gasteiger partial charge in [-0.15, -0.1) is 0 Å². The Balaban J connectivity index is 1.51. The number of halogens is 3. The summed E-state index contributed by atoms with van der Waals surface area (Å²) in [5.41, 5.74) is 2.87. The Morgan fingerprint density at radius 3 is 2.56 bits per heavy atom. The molecule has 2 aromatic carbocycles. The van der Waals surface area contributed by atoms with Crippen molar-refractivity contribution >= 4 is 17.5 Å². The molecule has 3 aromatic rings. The highest BCUT2D eigenvalue weighted by Gasteiger charge is 2.36. The number of amides is 2. The van der Waals surface area contributed by atoms with Gasteiger partial charge in [0.2, 0.25) is 0 Å². The number of hydrogen-bond donors (Lipinski definition) is 0. The second kappa shape index (κ2) is 7.89. The van der Waals surface area contributed by atoms with Crippen LogP contribution in [-0.4, -0.2) is 46.7 Å². The minimum absolute atomic E-state index is 0.151. The summed E-state index contributed by atoms with van der Waals surface area (Å²) < 4.78 is 48.3. The Morgan fingerprint density at radius 1 is 1.15 bits per heavy atom. The van der Waals surface area contributed by atoms with Gasteiger partial charge in [-0.05, 0) is 37.6 Å². The molecule has 0 spiro atoms. The number of nitrogens with zero attached hydrogens (tertiary/aromatic N) is 4. The quantitative estimate of drug-likeness (QED) is 0.537. The number of aryl methyl sites for hydroxylation is 1. The van der Waals surface area contributed by atoms with Gasteiger partial charge in [0.25, 0.3) is 11.8 Å². The van der Waals surface area contributed by atoms with E-state index < -0.39 is 23.5 Å². The molecule has 0 fully saturated rings. The van der Waals surface area contributed by atoms with Crippen LogP contribution in [0.5, 0.6) is 5.75 Å². The lowest BCUT2D eigenvalue weighted by Crippen LogP contribution is -2.40. The van der Waals surface area contributed by atoms with Crippen molar-refractivity contribution in [3.05, 3.63) is 64.6 Å². The van der Waals surface area contributed by atoms with Crippen LogP contribution in [0.25, 0.3) is 11.3 Å². The van der Waals surface area contributed by atoms with Crippen LogP contribution in [0.15, 0.2) is 30.3 Å². The van der Waals surface area contributed by atoms with Crippen molar-refractivity contribution in [2.75, 3.05) is 25.1 Å². The van der Waals surface area contributed by atoms with Gasteiger partial charge in [-0.25, -0.2) is 13.2 Å². The summed E-state index contributed by atoms with van der Waals surface area (Å²) in [5.74, 6) is -4.20. The molecule has 0 radical (unpaired) electrons. The first-order valence-corrected chi connectivity index (χ1v) is 10.7. The van der Waals surface area contributed by atoms with Gasteiger partial charge in [0, 0.05) is 31.8 Å². The Kier molecular flexibility index (Phi) is 5.11. The number of para-hydroxylation sites is 1. The maximum absolute atomic E-state index is 13.9. The van der Waals surface area contributed by atoms with Crippen LogP contribution in [-0.2, 0) is 18.3 Å². The molecule has 0 aliphatic carbocycles. The lowest BCUT2D eigenvalue weighted by Gasteiger charge is -2.34. The Hall–Kier alpha value is -3.82.